The number of fused-ring (bicyclic) bond motifs is 1. The second-order valence-corrected chi connectivity index (χ2v) is 10.9. The van der Waals surface area contributed by atoms with Gasteiger partial charge in [0.25, 0.3) is 5.56 Å². The molecule has 1 aliphatic heterocycles. The van der Waals surface area contributed by atoms with Crippen molar-refractivity contribution in [1.29, 1.82) is 0 Å². The number of esters is 1. The lowest BCUT2D eigenvalue weighted by molar-refractivity contribution is -0.385. The number of halogens is 3. The van der Waals surface area contributed by atoms with E-state index in [2.05, 4.69) is 4.99 Å². The third kappa shape index (κ3) is 6.42. The lowest BCUT2D eigenvalue weighted by atomic mass is 9.96. The monoisotopic (exact) mass is 653 g/mol. The molecule has 0 N–H and O–H groups in total. The molecule has 2 heterocycles. The van der Waals surface area contributed by atoms with Crippen molar-refractivity contribution in [3.8, 4) is 17.2 Å². The molecule has 0 spiro atoms. The summed E-state index contributed by atoms with van der Waals surface area (Å²) >= 11 is 1.12. The van der Waals surface area contributed by atoms with Gasteiger partial charge >= 0.3 is 17.8 Å². The smallest absolute Gasteiger partial charge is 0.416 e. The first-order chi connectivity index (χ1) is 21.9. The minimum atomic E-state index is -4.78. The number of aromatic nitrogens is 1. The zero-order valence-corrected chi connectivity index (χ0v) is 25.5. The number of nitrogens with zero attached hydrogens (tertiary/aromatic N) is 3. The Bertz CT molecular complexity index is 2040. The largest absolute Gasteiger partial charge is 0.490 e. The molecule has 4 aromatic rings. The summed E-state index contributed by atoms with van der Waals surface area (Å²) in [5.74, 6) is -0.825. The topological polar surface area (TPSA) is 122 Å². The summed E-state index contributed by atoms with van der Waals surface area (Å²) in [5.41, 5.74) is -0.571. The van der Waals surface area contributed by atoms with E-state index < -0.39 is 45.7 Å². The van der Waals surface area contributed by atoms with E-state index in [1.165, 1.54) is 16.7 Å². The number of benzene rings is 3. The average Bonchev–Trinajstić information content (AvgIpc) is 3.31. The number of alkyl halides is 3. The van der Waals surface area contributed by atoms with E-state index >= 15 is 0 Å². The molecule has 5 rings (SSSR count). The first-order valence-corrected chi connectivity index (χ1v) is 14.8. The Kier molecular flexibility index (Phi) is 9.10. The van der Waals surface area contributed by atoms with Gasteiger partial charge < -0.3 is 14.2 Å². The van der Waals surface area contributed by atoms with E-state index in [9.17, 15) is 32.9 Å². The van der Waals surface area contributed by atoms with Gasteiger partial charge in [-0.05, 0) is 62.2 Å². The Balaban J connectivity index is 1.57. The third-order valence-corrected chi connectivity index (χ3v) is 7.88. The number of allylic oxidation sites excluding steroid dienone is 1. The van der Waals surface area contributed by atoms with Crippen LogP contribution in [0.15, 0.2) is 87.8 Å². The standard InChI is InChI=1S/C32H26F3N3O7S/c1-4-43-25-15-19(11-13-24(25)45-23-14-12-21(32(33,34)35)17-22(23)38(41)42)16-26-29(39)37-28(20-9-7-6-8-10-20)27(30(40)44-5-2)18(3)36-31(37)46-26/h6-17,28H,4-5H2,1-3H3. The summed E-state index contributed by atoms with van der Waals surface area (Å²) in [4.78, 5) is 42.4. The van der Waals surface area contributed by atoms with Gasteiger partial charge in [-0.3, -0.25) is 19.5 Å². The quantitative estimate of drug-likeness (QED) is 0.125. The van der Waals surface area contributed by atoms with Crippen molar-refractivity contribution in [2.75, 3.05) is 13.2 Å². The fourth-order valence-corrected chi connectivity index (χ4v) is 5.95. The maximum Gasteiger partial charge on any atom is 0.416 e. The van der Waals surface area contributed by atoms with Crippen molar-refractivity contribution in [1.82, 2.24) is 4.57 Å². The lowest BCUT2D eigenvalue weighted by Crippen LogP contribution is -2.39. The second-order valence-electron chi connectivity index (χ2n) is 9.89. The SMILES string of the molecule is CCOC(=O)C1=C(C)N=c2sc(=Cc3ccc(Oc4ccc(C(F)(F)F)cc4[N+](=O)[O-])c(OCC)c3)c(=O)n2C1c1ccccc1. The number of hydrogen-bond donors (Lipinski definition) is 0. The number of nitro benzene ring substituents is 1. The number of carbonyl (C=O) groups excluding carboxylic acids is 1. The lowest BCUT2D eigenvalue weighted by Gasteiger charge is -2.24. The number of carbonyl (C=O) groups is 1. The van der Waals surface area contributed by atoms with E-state index in [4.69, 9.17) is 14.2 Å². The van der Waals surface area contributed by atoms with Crippen molar-refractivity contribution in [2.24, 2.45) is 4.99 Å². The molecule has 0 aliphatic carbocycles. The maximum atomic E-state index is 13.9. The van der Waals surface area contributed by atoms with Crippen LogP contribution in [0.5, 0.6) is 17.2 Å². The first kappa shape index (κ1) is 32.2. The van der Waals surface area contributed by atoms with Gasteiger partial charge in [0.1, 0.15) is 0 Å². The fourth-order valence-electron chi connectivity index (χ4n) is 4.90. The number of rotatable bonds is 9. The predicted octanol–water partition coefficient (Wildman–Crippen LogP) is 5.92. The minimum absolute atomic E-state index is 0.0158. The Morgan fingerprint density at radius 2 is 1.76 bits per heavy atom. The molecule has 238 valence electrons. The maximum absolute atomic E-state index is 13.9. The minimum Gasteiger partial charge on any atom is -0.490 e. The zero-order chi connectivity index (χ0) is 33.2. The van der Waals surface area contributed by atoms with Crippen LogP contribution in [0.25, 0.3) is 6.08 Å². The normalized spacial score (nSPS) is 14.8. The Labute approximate surface area is 263 Å². The van der Waals surface area contributed by atoms with Crippen LogP contribution in [0.2, 0.25) is 0 Å². The molecule has 0 bridgehead atoms. The van der Waals surface area contributed by atoms with Crippen molar-refractivity contribution in [3.05, 3.63) is 124 Å². The van der Waals surface area contributed by atoms with Crippen LogP contribution >= 0.6 is 11.3 Å². The molecule has 0 saturated heterocycles. The van der Waals surface area contributed by atoms with Gasteiger partial charge in [0.05, 0.1) is 45.5 Å². The highest BCUT2D eigenvalue weighted by Gasteiger charge is 2.34. The van der Waals surface area contributed by atoms with Crippen LogP contribution in [0, 0.1) is 10.1 Å². The molecule has 0 fully saturated rings. The van der Waals surface area contributed by atoms with Crippen LogP contribution in [0.4, 0.5) is 18.9 Å². The Morgan fingerprint density at radius 1 is 1.04 bits per heavy atom. The molecular weight excluding hydrogens is 627 g/mol. The molecule has 1 aliphatic rings. The van der Waals surface area contributed by atoms with Crippen LogP contribution in [0.1, 0.15) is 43.5 Å². The van der Waals surface area contributed by atoms with E-state index in [0.29, 0.717) is 38.3 Å². The van der Waals surface area contributed by atoms with Crippen molar-refractivity contribution in [2.45, 2.75) is 33.0 Å². The molecule has 1 unspecified atom stereocenters. The molecule has 14 heteroatoms. The highest BCUT2D eigenvalue weighted by atomic mass is 32.1. The summed E-state index contributed by atoms with van der Waals surface area (Å²) in [6.45, 7) is 5.40. The molecular formula is C32H26F3N3O7S. The zero-order valence-electron chi connectivity index (χ0n) is 24.7. The fraction of sp³-hybridized carbons (Fsp3) is 0.219. The van der Waals surface area contributed by atoms with E-state index in [-0.39, 0.29) is 30.3 Å². The first-order valence-electron chi connectivity index (χ1n) is 14.0. The van der Waals surface area contributed by atoms with E-state index in [1.807, 2.05) is 30.3 Å². The van der Waals surface area contributed by atoms with Crippen molar-refractivity contribution in [3.63, 3.8) is 0 Å². The van der Waals surface area contributed by atoms with Crippen LogP contribution in [0.3, 0.4) is 0 Å². The summed E-state index contributed by atoms with van der Waals surface area (Å²) in [6, 6.07) is 14.8. The van der Waals surface area contributed by atoms with E-state index in [1.54, 1.807) is 32.9 Å². The van der Waals surface area contributed by atoms with Gasteiger partial charge in [-0.25, -0.2) is 9.79 Å². The van der Waals surface area contributed by atoms with Gasteiger partial charge in [-0.1, -0.05) is 47.7 Å². The second kappa shape index (κ2) is 13.0. The Hall–Kier alpha value is -5.24. The van der Waals surface area contributed by atoms with Crippen LogP contribution in [-0.2, 0) is 15.7 Å². The van der Waals surface area contributed by atoms with Crippen LogP contribution < -0.4 is 24.4 Å². The predicted molar refractivity (Wildman–Crippen MR) is 163 cm³/mol. The number of nitro groups is 1. The molecule has 46 heavy (non-hydrogen) atoms. The summed E-state index contributed by atoms with van der Waals surface area (Å²) < 4.78 is 57.9. The molecule has 0 amide bonds. The van der Waals surface area contributed by atoms with Gasteiger partial charge in [0.15, 0.2) is 16.3 Å². The van der Waals surface area contributed by atoms with Gasteiger partial charge in [0.2, 0.25) is 5.75 Å². The summed E-state index contributed by atoms with van der Waals surface area (Å²) in [6.07, 6.45) is -3.18. The van der Waals surface area contributed by atoms with Crippen molar-refractivity contribution >= 4 is 29.1 Å². The van der Waals surface area contributed by atoms with Crippen LogP contribution in [-0.4, -0.2) is 28.7 Å². The molecule has 3 aromatic carbocycles. The van der Waals surface area contributed by atoms with Gasteiger partial charge in [-0.15, -0.1) is 0 Å². The summed E-state index contributed by atoms with van der Waals surface area (Å²) in [7, 11) is 0. The number of ether oxygens (including phenoxy) is 3. The molecule has 1 aromatic heterocycles. The molecule has 1 atom stereocenters. The van der Waals surface area contributed by atoms with Gasteiger partial charge in [0, 0.05) is 6.07 Å². The number of thiazole rings is 1. The highest BCUT2D eigenvalue weighted by molar-refractivity contribution is 7.07. The summed E-state index contributed by atoms with van der Waals surface area (Å²) in [5, 5.41) is 11.6. The number of hydrogen-bond acceptors (Lipinski definition) is 9. The molecule has 0 saturated carbocycles. The van der Waals surface area contributed by atoms with Gasteiger partial charge in [-0.2, -0.15) is 13.2 Å². The average molecular weight is 654 g/mol. The highest BCUT2D eigenvalue weighted by Crippen LogP contribution is 2.40. The van der Waals surface area contributed by atoms with Crippen molar-refractivity contribution < 1.29 is 37.1 Å². The van der Waals surface area contributed by atoms with E-state index in [0.717, 1.165) is 17.4 Å². The molecule has 10 nitrogen and oxygen atoms in total. The molecule has 0 radical (unpaired) electrons. The third-order valence-electron chi connectivity index (χ3n) is 6.90. The Morgan fingerprint density at radius 3 is 2.41 bits per heavy atom.